The Bertz CT molecular complexity index is 1030. The number of hydrogen-bond donors (Lipinski definition) is 2. The van der Waals surface area contributed by atoms with Crippen molar-refractivity contribution in [2.24, 2.45) is 0 Å². The molecule has 0 spiro atoms. The highest BCUT2D eigenvalue weighted by molar-refractivity contribution is 7.98. The van der Waals surface area contributed by atoms with E-state index < -0.39 is 11.9 Å². The molecule has 2 heterocycles. The number of nitrogens with two attached hydrogens (primary N) is 1. The van der Waals surface area contributed by atoms with Crippen molar-refractivity contribution in [2.45, 2.75) is 17.8 Å². The van der Waals surface area contributed by atoms with Crippen LogP contribution in [0.15, 0.2) is 23.4 Å². The number of carbonyl (C=O) groups is 2. The summed E-state index contributed by atoms with van der Waals surface area (Å²) in [4.78, 5) is 32.2. The van der Waals surface area contributed by atoms with Gasteiger partial charge in [0.15, 0.2) is 5.16 Å². The number of imidazole rings is 1. The number of esters is 2. The van der Waals surface area contributed by atoms with Gasteiger partial charge in [-0.1, -0.05) is 11.8 Å². The molecule has 3 rings (SSSR count). The average molecular weight is 422 g/mol. The van der Waals surface area contributed by atoms with Crippen LogP contribution in [-0.4, -0.2) is 42.7 Å². The van der Waals surface area contributed by atoms with E-state index in [4.69, 9.17) is 19.9 Å². The number of hydrogen-bond acceptors (Lipinski definition) is 9. The van der Waals surface area contributed by atoms with Crippen LogP contribution >= 0.6 is 23.1 Å². The average Bonchev–Trinajstić information content (AvgIpc) is 3.25. The molecule has 2 aromatic heterocycles. The van der Waals surface area contributed by atoms with E-state index in [0.29, 0.717) is 23.1 Å². The number of anilines is 1. The second-order valence-corrected chi connectivity index (χ2v) is 7.59. The largest absolute Gasteiger partial charge is 0.494 e. The fourth-order valence-electron chi connectivity index (χ4n) is 2.64. The lowest BCUT2D eigenvalue weighted by Gasteiger charge is -2.05. The van der Waals surface area contributed by atoms with Crippen LogP contribution < -0.4 is 10.5 Å². The first-order valence-corrected chi connectivity index (χ1v) is 10.1. The van der Waals surface area contributed by atoms with Crippen LogP contribution in [0.2, 0.25) is 0 Å². The number of fused-ring (bicyclic) bond motifs is 1. The van der Waals surface area contributed by atoms with Gasteiger partial charge in [-0.3, -0.25) is 0 Å². The Kier molecular flexibility index (Phi) is 6.10. The van der Waals surface area contributed by atoms with Crippen LogP contribution in [-0.2, 0) is 15.2 Å². The Balaban J connectivity index is 1.90. The molecule has 0 aliphatic carbocycles. The third-order valence-electron chi connectivity index (χ3n) is 3.89. The van der Waals surface area contributed by atoms with E-state index in [-0.39, 0.29) is 15.4 Å². The third kappa shape index (κ3) is 3.92. The van der Waals surface area contributed by atoms with Crippen LogP contribution in [0.5, 0.6) is 5.75 Å². The maximum atomic E-state index is 12.1. The minimum absolute atomic E-state index is 0.190. The molecule has 0 fully saturated rings. The molecule has 0 bridgehead atoms. The van der Waals surface area contributed by atoms with E-state index in [1.54, 1.807) is 0 Å². The summed E-state index contributed by atoms with van der Waals surface area (Å²) in [5, 5.41) is 0.855. The molecular formula is C18H19N3O5S2. The van der Waals surface area contributed by atoms with Gasteiger partial charge in [-0.25, -0.2) is 14.6 Å². The van der Waals surface area contributed by atoms with Gasteiger partial charge >= 0.3 is 11.9 Å². The quantitative estimate of drug-likeness (QED) is 0.440. The standard InChI is InChI=1S/C18H19N3O5S2/c1-4-26-9-5-6-11-12(7-9)21-18(20-11)27-8-10-13(16(22)24-2)15(19)28-14(10)17(23)25-3/h5-7H,4,8,19H2,1-3H3,(H,20,21). The second-order valence-electron chi connectivity index (χ2n) is 5.57. The number of benzene rings is 1. The van der Waals surface area contributed by atoms with Crippen molar-refractivity contribution in [1.82, 2.24) is 9.97 Å². The lowest BCUT2D eigenvalue weighted by molar-refractivity contribution is 0.0601. The summed E-state index contributed by atoms with van der Waals surface area (Å²) in [7, 11) is 2.55. The second kappa shape index (κ2) is 8.53. The number of ether oxygens (including phenoxy) is 3. The number of methoxy groups -OCH3 is 2. The van der Waals surface area contributed by atoms with Crippen molar-refractivity contribution in [3.63, 3.8) is 0 Å². The molecule has 0 aliphatic rings. The minimum atomic E-state index is -0.592. The number of aromatic amines is 1. The summed E-state index contributed by atoms with van der Waals surface area (Å²) in [6, 6.07) is 5.59. The van der Waals surface area contributed by atoms with E-state index in [9.17, 15) is 9.59 Å². The van der Waals surface area contributed by atoms with E-state index >= 15 is 0 Å². The van der Waals surface area contributed by atoms with Crippen molar-refractivity contribution in [2.75, 3.05) is 26.6 Å². The maximum absolute atomic E-state index is 12.1. The van der Waals surface area contributed by atoms with E-state index in [0.717, 1.165) is 28.1 Å². The van der Waals surface area contributed by atoms with Crippen molar-refractivity contribution in [3.05, 3.63) is 34.2 Å². The van der Waals surface area contributed by atoms with Crippen LogP contribution in [0.25, 0.3) is 11.0 Å². The van der Waals surface area contributed by atoms with E-state index in [1.807, 2.05) is 25.1 Å². The number of nitrogens with one attached hydrogen (secondary N) is 1. The molecule has 0 atom stereocenters. The summed E-state index contributed by atoms with van der Waals surface area (Å²) in [6.07, 6.45) is 0. The van der Waals surface area contributed by atoms with Gasteiger partial charge in [-0.05, 0) is 19.1 Å². The van der Waals surface area contributed by atoms with Crippen LogP contribution in [0.1, 0.15) is 32.5 Å². The van der Waals surface area contributed by atoms with Crippen LogP contribution in [0.4, 0.5) is 5.00 Å². The van der Waals surface area contributed by atoms with Crippen molar-refractivity contribution in [3.8, 4) is 5.75 Å². The zero-order valence-electron chi connectivity index (χ0n) is 15.5. The van der Waals surface area contributed by atoms with Gasteiger partial charge in [-0.15, -0.1) is 11.3 Å². The molecule has 1 aromatic carbocycles. The van der Waals surface area contributed by atoms with Crippen molar-refractivity contribution in [1.29, 1.82) is 0 Å². The molecule has 0 radical (unpaired) electrons. The highest BCUT2D eigenvalue weighted by Gasteiger charge is 2.27. The Hall–Kier alpha value is -2.72. The predicted molar refractivity (Wildman–Crippen MR) is 108 cm³/mol. The number of carbonyl (C=O) groups excluding carboxylic acids is 2. The van der Waals surface area contributed by atoms with Crippen molar-refractivity contribution >= 4 is 51.1 Å². The molecule has 8 nitrogen and oxygen atoms in total. The summed E-state index contributed by atoms with van der Waals surface area (Å²) in [5.74, 6) is -0.0959. The fraction of sp³-hybridized carbons (Fsp3) is 0.278. The number of aromatic nitrogens is 2. The number of rotatable bonds is 7. The summed E-state index contributed by atoms with van der Waals surface area (Å²) in [6.45, 7) is 2.50. The number of H-pyrrole nitrogens is 1. The van der Waals surface area contributed by atoms with Crippen molar-refractivity contribution < 1.29 is 23.8 Å². The molecule has 0 amide bonds. The Morgan fingerprint density at radius 1 is 1.25 bits per heavy atom. The number of thioether (sulfide) groups is 1. The van der Waals surface area contributed by atoms with Gasteiger partial charge in [0.2, 0.25) is 0 Å². The normalized spacial score (nSPS) is 10.8. The first kappa shape index (κ1) is 20.0. The molecule has 0 saturated heterocycles. The van der Waals surface area contributed by atoms with Gasteiger partial charge in [0.25, 0.3) is 0 Å². The number of thiophene rings is 1. The summed E-state index contributed by atoms with van der Waals surface area (Å²) in [5.41, 5.74) is 8.24. The Morgan fingerprint density at radius 2 is 2.00 bits per heavy atom. The molecule has 0 unspecified atom stereocenters. The third-order valence-corrected chi connectivity index (χ3v) is 5.83. The first-order valence-electron chi connectivity index (χ1n) is 8.31. The topological polar surface area (TPSA) is 117 Å². The highest BCUT2D eigenvalue weighted by Crippen LogP contribution is 2.36. The Labute approximate surface area is 169 Å². The lowest BCUT2D eigenvalue weighted by atomic mass is 10.1. The molecule has 0 saturated carbocycles. The molecule has 3 N–H and O–H groups in total. The van der Waals surface area contributed by atoms with Gasteiger partial charge in [0, 0.05) is 17.4 Å². The SMILES string of the molecule is CCOc1ccc2nc(SCc3c(C(=O)OC)sc(N)c3C(=O)OC)[nH]c2c1. The monoisotopic (exact) mass is 421 g/mol. The zero-order chi connectivity index (χ0) is 20.3. The van der Waals surface area contributed by atoms with Gasteiger partial charge in [0.05, 0.1) is 37.4 Å². The van der Waals surface area contributed by atoms with E-state index in [1.165, 1.54) is 26.0 Å². The Morgan fingerprint density at radius 3 is 2.68 bits per heavy atom. The van der Waals surface area contributed by atoms with Gasteiger partial charge in [0.1, 0.15) is 15.6 Å². The highest BCUT2D eigenvalue weighted by atomic mass is 32.2. The summed E-state index contributed by atoms with van der Waals surface area (Å²) < 4.78 is 15.1. The molecule has 0 aliphatic heterocycles. The maximum Gasteiger partial charge on any atom is 0.348 e. The molecule has 3 aromatic rings. The number of nitrogens with zero attached hydrogens (tertiary/aromatic N) is 1. The zero-order valence-corrected chi connectivity index (χ0v) is 17.2. The smallest absolute Gasteiger partial charge is 0.348 e. The minimum Gasteiger partial charge on any atom is -0.494 e. The van der Waals surface area contributed by atoms with Crippen LogP contribution in [0.3, 0.4) is 0 Å². The molecule has 28 heavy (non-hydrogen) atoms. The molecule has 148 valence electrons. The van der Waals surface area contributed by atoms with Crippen LogP contribution in [0, 0.1) is 0 Å². The summed E-state index contributed by atoms with van der Waals surface area (Å²) >= 11 is 2.35. The molecule has 10 heteroatoms. The molecular weight excluding hydrogens is 402 g/mol. The fourth-order valence-corrected chi connectivity index (χ4v) is 4.64. The van der Waals surface area contributed by atoms with Gasteiger partial charge < -0.3 is 24.9 Å². The number of nitrogen functional groups attached to an aromatic ring is 1. The first-order chi connectivity index (χ1) is 13.5. The predicted octanol–water partition coefficient (Wildman–Crippen LogP) is 3.47. The van der Waals surface area contributed by atoms with Gasteiger partial charge in [-0.2, -0.15) is 0 Å². The lowest BCUT2D eigenvalue weighted by Crippen LogP contribution is -2.08. The van der Waals surface area contributed by atoms with E-state index in [2.05, 4.69) is 9.97 Å².